The molecule has 1 amide bonds. The van der Waals surface area contributed by atoms with E-state index in [0.717, 1.165) is 0 Å². The summed E-state index contributed by atoms with van der Waals surface area (Å²) >= 11 is 3.04. The summed E-state index contributed by atoms with van der Waals surface area (Å²) in [5.74, 6) is 4.69. The van der Waals surface area contributed by atoms with E-state index in [4.69, 9.17) is 5.84 Å². The lowest BCUT2D eigenvalue weighted by atomic mass is 10.2. The molecular weight excluding hydrogens is 292 g/mol. The number of H-pyrrole nitrogens is 1. The molecule has 8 heteroatoms. The number of halogens is 1. The van der Waals surface area contributed by atoms with Crippen LogP contribution >= 0.6 is 15.9 Å². The molecule has 1 rings (SSSR count). The number of rotatable bonds is 5. The van der Waals surface area contributed by atoms with Crippen molar-refractivity contribution in [3.8, 4) is 0 Å². The van der Waals surface area contributed by atoms with E-state index in [1.165, 1.54) is 10.8 Å². The summed E-state index contributed by atoms with van der Waals surface area (Å²) in [6.45, 7) is 0.437. The van der Waals surface area contributed by atoms with Gasteiger partial charge in [0.1, 0.15) is 0 Å². The highest BCUT2D eigenvalue weighted by atomic mass is 79.9. The van der Waals surface area contributed by atoms with Crippen molar-refractivity contribution in [3.63, 3.8) is 0 Å². The van der Waals surface area contributed by atoms with E-state index in [1.54, 1.807) is 0 Å². The van der Waals surface area contributed by atoms with Gasteiger partial charge in [0, 0.05) is 19.2 Å². The zero-order chi connectivity index (χ0) is 12.8. The first-order valence-corrected chi connectivity index (χ1v) is 5.82. The summed E-state index contributed by atoms with van der Waals surface area (Å²) in [6, 6.07) is 0. The predicted molar refractivity (Wildman–Crippen MR) is 65.2 cm³/mol. The van der Waals surface area contributed by atoms with Gasteiger partial charge in [-0.1, -0.05) is 0 Å². The summed E-state index contributed by atoms with van der Waals surface area (Å²) in [6.07, 6.45) is 3.01. The first-order valence-electron chi connectivity index (χ1n) is 5.03. The molecule has 1 aromatic rings. The maximum absolute atomic E-state index is 11.4. The van der Waals surface area contributed by atoms with Crippen LogP contribution in [-0.4, -0.2) is 15.5 Å². The van der Waals surface area contributed by atoms with Crippen molar-refractivity contribution in [1.82, 2.24) is 15.0 Å². The predicted octanol–water partition coefficient (Wildman–Crippen LogP) is -0.541. The topological polar surface area (TPSA) is 110 Å². The number of nitrogens with one attached hydrogen (secondary N) is 2. The molecule has 0 aliphatic heterocycles. The van der Waals surface area contributed by atoms with Crippen molar-refractivity contribution < 1.29 is 4.79 Å². The number of aromatic amines is 1. The molecule has 0 radical (unpaired) electrons. The molecule has 1 aromatic heterocycles. The van der Waals surface area contributed by atoms with Gasteiger partial charge in [-0.05, 0) is 28.8 Å². The molecule has 0 atom stereocenters. The number of nitrogens with two attached hydrogens (primary N) is 1. The van der Waals surface area contributed by atoms with Gasteiger partial charge in [0.05, 0.1) is 4.47 Å². The summed E-state index contributed by atoms with van der Waals surface area (Å²) in [5, 5.41) is 0. The number of unbranched alkanes of at least 4 members (excludes halogenated alkanes) is 1. The first kappa shape index (κ1) is 13.7. The number of hydrogen-bond acceptors (Lipinski definition) is 4. The van der Waals surface area contributed by atoms with Gasteiger partial charge in [0.2, 0.25) is 5.91 Å². The lowest BCUT2D eigenvalue weighted by Gasteiger charge is -2.04. The second-order valence-electron chi connectivity index (χ2n) is 3.45. The van der Waals surface area contributed by atoms with Crippen LogP contribution in [0.4, 0.5) is 0 Å². The van der Waals surface area contributed by atoms with E-state index in [1.807, 2.05) is 5.43 Å². The number of nitrogens with zero attached hydrogens (tertiary/aromatic N) is 1. The van der Waals surface area contributed by atoms with Gasteiger partial charge in [0.25, 0.3) is 5.56 Å². The molecule has 7 nitrogen and oxygen atoms in total. The van der Waals surface area contributed by atoms with Crippen molar-refractivity contribution in [2.75, 3.05) is 0 Å². The fourth-order valence-electron chi connectivity index (χ4n) is 1.29. The average molecular weight is 305 g/mol. The number of carbonyl (C=O) groups is 1. The minimum Gasteiger partial charge on any atom is -0.299 e. The number of hydrazine groups is 1. The number of aryl methyl sites for hydroxylation is 1. The van der Waals surface area contributed by atoms with Crippen molar-refractivity contribution in [1.29, 1.82) is 0 Å². The van der Waals surface area contributed by atoms with E-state index >= 15 is 0 Å². The van der Waals surface area contributed by atoms with Crippen LogP contribution in [0.2, 0.25) is 0 Å². The Morgan fingerprint density at radius 1 is 1.47 bits per heavy atom. The molecule has 0 spiro atoms. The van der Waals surface area contributed by atoms with Crippen LogP contribution < -0.4 is 22.5 Å². The summed E-state index contributed by atoms with van der Waals surface area (Å²) in [4.78, 5) is 35.4. The van der Waals surface area contributed by atoms with E-state index in [9.17, 15) is 14.4 Å². The van der Waals surface area contributed by atoms with E-state index in [0.29, 0.717) is 30.3 Å². The largest absolute Gasteiger partial charge is 0.328 e. The highest BCUT2D eigenvalue weighted by Gasteiger charge is 2.02. The SMILES string of the molecule is NNC(=O)CCCCn1cc(Br)c(=O)[nH]c1=O. The normalized spacial score (nSPS) is 10.2. The molecule has 0 unspecified atom stereocenters. The Hall–Kier alpha value is -1.41. The lowest BCUT2D eigenvalue weighted by Crippen LogP contribution is -2.30. The molecule has 17 heavy (non-hydrogen) atoms. The molecule has 0 fully saturated rings. The van der Waals surface area contributed by atoms with Gasteiger partial charge in [0.15, 0.2) is 0 Å². The third kappa shape index (κ3) is 4.16. The lowest BCUT2D eigenvalue weighted by molar-refractivity contribution is -0.121. The number of aromatic nitrogens is 2. The molecule has 0 aliphatic rings. The van der Waals surface area contributed by atoms with Crippen molar-refractivity contribution in [2.45, 2.75) is 25.8 Å². The molecule has 0 saturated carbocycles. The minimum atomic E-state index is -0.457. The fraction of sp³-hybridized carbons (Fsp3) is 0.444. The highest BCUT2D eigenvalue weighted by molar-refractivity contribution is 9.10. The van der Waals surface area contributed by atoms with Crippen LogP contribution in [0.3, 0.4) is 0 Å². The Morgan fingerprint density at radius 3 is 2.82 bits per heavy atom. The summed E-state index contributed by atoms with van der Waals surface area (Å²) < 4.78 is 1.68. The maximum atomic E-state index is 11.4. The van der Waals surface area contributed by atoms with E-state index in [2.05, 4.69) is 20.9 Å². The van der Waals surface area contributed by atoms with Crippen LogP contribution in [0.1, 0.15) is 19.3 Å². The Morgan fingerprint density at radius 2 is 2.18 bits per heavy atom. The second-order valence-corrected chi connectivity index (χ2v) is 4.31. The summed E-state index contributed by atoms with van der Waals surface area (Å²) in [7, 11) is 0. The number of amides is 1. The first-order chi connectivity index (χ1) is 8.04. The van der Waals surface area contributed by atoms with Gasteiger partial charge in [-0.3, -0.25) is 24.6 Å². The zero-order valence-electron chi connectivity index (χ0n) is 9.03. The Labute approximate surface area is 105 Å². The highest BCUT2D eigenvalue weighted by Crippen LogP contribution is 2.01. The molecule has 0 aromatic carbocycles. The number of hydrogen-bond donors (Lipinski definition) is 3. The fourth-order valence-corrected chi connectivity index (χ4v) is 1.63. The second kappa shape index (κ2) is 6.36. The third-order valence-corrected chi connectivity index (χ3v) is 2.75. The Bertz CT molecular complexity index is 508. The molecule has 1 heterocycles. The average Bonchev–Trinajstić information content (AvgIpc) is 2.30. The zero-order valence-corrected chi connectivity index (χ0v) is 10.6. The third-order valence-electron chi connectivity index (χ3n) is 2.18. The molecule has 94 valence electrons. The molecule has 4 N–H and O–H groups in total. The Balaban J connectivity index is 2.53. The van der Waals surface area contributed by atoms with Crippen LogP contribution in [0.25, 0.3) is 0 Å². The van der Waals surface area contributed by atoms with Crippen molar-refractivity contribution in [2.24, 2.45) is 5.84 Å². The van der Waals surface area contributed by atoms with Gasteiger partial charge in [-0.15, -0.1) is 0 Å². The van der Waals surface area contributed by atoms with Gasteiger partial charge < -0.3 is 0 Å². The van der Waals surface area contributed by atoms with Crippen LogP contribution in [0.15, 0.2) is 20.3 Å². The van der Waals surface area contributed by atoms with Crippen LogP contribution in [-0.2, 0) is 11.3 Å². The smallest absolute Gasteiger partial charge is 0.299 e. The van der Waals surface area contributed by atoms with Crippen LogP contribution in [0, 0.1) is 0 Å². The Kier molecular flexibility index (Phi) is 5.11. The van der Waals surface area contributed by atoms with Crippen LogP contribution in [0.5, 0.6) is 0 Å². The molecule has 0 saturated heterocycles. The van der Waals surface area contributed by atoms with Crippen molar-refractivity contribution in [3.05, 3.63) is 31.5 Å². The van der Waals surface area contributed by atoms with Gasteiger partial charge >= 0.3 is 5.69 Å². The quantitative estimate of drug-likeness (QED) is 0.294. The van der Waals surface area contributed by atoms with Gasteiger partial charge in [-0.25, -0.2) is 10.6 Å². The standard InChI is InChI=1S/C9H13BrN4O3/c10-6-5-14(9(17)12-8(6)16)4-2-1-3-7(15)13-11/h5H,1-4,11H2,(H,13,15)(H,12,16,17). The number of carbonyl (C=O) groups excluding carboxylic acids is 1. The monoisotopic (exact) mass is 304 g/mol. The molecule has 0 aliphatic carbocycles. The molecule has 0 bridgehead atoms. The molecular formula is C9H13BrN4O3. The summed E-state index contributed by atoms with van der Waals surface area (Å²) in [5.41, 5.74) is 1.12. The maximum Gasteiger partial charge on any atom is 0.328 e. The van der Waals surface area contributed by atoms with Gasteiger partial charge in [-0.2, -0.15) is 0 Å². The van der Waals surface area contributed by atoms with E-state index < -0.39 is 11.2 Å². The van der Waals surface area contributed by atoms with E-state index in [-0.39, 0.29) is 5.91 Å². The van der Waals surface area contributed by atoms with Crippen molar-refractivity contribution >= 4 is 21.8 Å². The minimum absolute atomic E-state index is 0.236.